The van der Waals surface area contributed by atoms with Crippen molar-refractivity contribution >= 4 is 23.1 Å². The Labute approximate surface area is 121 Å². The summed E-state index contributed by atoms with van der Waals surface area (Å²) in [5.41, 5.74) is -0.255. The highest BCUT2D eigenvalue weighted by Gasteiger charge is 2.26. The maximum Gasteiger partial charge on any atom is 0.272 e. The molecule has 0 bridgehead atoms. The van der Waals surface area contributed by atoms with Crippen molar-refractivity contribution in [3.8, 4) is 0 Å². The zero-order valence-electron chi connectivity index (χ0n) is 11.7. The second-order valence-corrected chi connectivity index (χ2v) is 5.63. The molecule has 7 heteroatoms. The van der Waals surface area contributed by atoms with E-state index >= 15 is 0 Å². The van der Waals surface area contributed by atoms with Gasteiger partial charge in [-0.1, -0.05) is 0 Å². The van der Waals surface area contributed by atoms with Gasteiger partial charge < -0.3 is 10.6 Å². The quantitative estimate of drug-likeness (QED) is 0.881. The average molecular weight is 291 g/mol. The molecule has 0 radical (unpaired) electrons. The van der Waals surface area contributed by atoms with Crippen molar-refractivity contribution in [3.05, 3.63) is 34.7 Å². The van der Waals surface area contributed by atoms with E-state index in [1.807, 2.05) is 26.2 Å². The molecular formula is C13H17N5OS. The molecule has 2 heterocycles. The van der Waals surface area contributed by atoms with E-state index in [1.165, 1.54) is 17.5 Å². The molecule has 0 atom stereocenters. The van der Waals surface area contributed by atoms with Crippen LogP contribution in [0.1, 0.15) is 36.3 Å². The van der Waals surface area contributed by atoms with Gasteiger partial charge in [0.1, 0.15) is 16.5 Å². The number of amides is 1. The lowest BCUT2D eigenvalue weighted by atomic mass is 10.1. The third kappa shape index (κ3) is 3.30. The Kier molecular flexibility index (Phi) is 4.29. The number of aromatic nitrogens is 3. The molecule has 0 fully saturated rings. The number of nitrogens with one attached hydrogen (secondary N) is 2. The van der Waals surface area contributed by atoms with Gasteiger partial charge in [0.25, 0.3) is 5.91 Å². The molecule has 20 heavy (non-hydrogen) atoms. The third-order valence-electron chi connectivity index (χ3n) is 2.62. The summed E-state index contributed by atoms with van der Waals surface area (Å²) < 4.78 is 0. The van der Waals surface area contributed by atoms with Crippen LogP contribution < -0.4 is 10.6 Å². The summed E-state index contributed by atoms with van der Waals surface area (Å²) in [6, 6.07) is 0. The number of anilines is 1. The minimum Gasteiger partial charge on any atom is -0.369 e. The molecule has 2 rings (SSSR count). The maximum atomic E-state index is 12.2. The first-order valence-corrected chi connectivity index (χ1v) is 7.19. The zero-order chi connectivity index (χ0) is 14.6. The molecule has 0 spiro atoms. The molecule has 0 aliphatic heterocycles. The Morgan fingerprint density at radius 1 is 1.40 bits per heavy atom. The van der Waals surface area contributed by atoms with Crippen LogP contribution in [-0.4, -0.2) is 27.4 Å². The number of rotatable bonds is 5. The largest absolute Gasteiger partial charge is 0.369 e. The molecule has 0 saturated carbocycles. The Bertz CT molecular complexity index is 582. The SMILES string of the molecule is CCNc1cncc(C(=O)NC(C)(C)c2nccs2)n1. The van der Waals surface area contributed by atoms with Crippen LogP contribution in [0.2, 0.25) is 0 Å². The van der Waals surface area contributed by atoms with Crippen LogP contribution >= 0.6 is 11.3 Å². The summed E-state index contributed by atoms with van der Waals surface area (Å²) in [6.07, 6.45) is 4.76. The first-order valence-electron chi connectivity index (χ1n) is 6.31. The standard InChI is InChI=1S/C13H17N5OS/c1-4-15-10-8-14-7-9(17-10)11(19)18-13(2,3)12-16-5-6-20-12/h5-8H,4H2,1-3H3,(H,15,17)(H,18,19). The summed E-state index contributed by atoms with van der Waals surface area (Å²) in [5, 5.41) is 8.68. The van der Waals surface area contributed by atoms with Crippen LogP contribution in [0.4, 0.5) is 5.82 Å². The van der Waals surface area contributed by atoms with Crippen LogP contribution in [-0.2, 0) is 5.54 Å². The lowest BCUT2D eigenvalue weighted by Crippen LogP contribution is -2.41. The van der Waals surface area contributed by atoms with Crippen LogP contribution in [0.15, 0.2) is 24.0 Å². The number of thiazole rings is 1. The first-order chi connectivity index (χ1) is 9.53. The molecule has 0 aliphatic carbocycles. The van der Waals surface area contributed by atoms with Gasteiger partial charge in [-0.15, -0.1) is 11.3 Å². The summed E-state index contributed by atoms with van der Waals surface area (Å²) in [4.78, 5) is 24.7. The smallest absolute Gasteiger partial charge is 0.272 e. The van der Waals surface area contributed by atoms with Gasteiger partial charge in [0, 0.05) is 18.1 Å². The fraction of sp³-hybridized carbons (Fsp3) is 0.385. The predicted molar refractivity (Wildman–Crippen MR) is 78.8 cm³/mol. The molecule has 0 aromatic carbocycles. The molecule has 106 valence electrons. The highest BCUT2D eigenvalue weighted by atomic mass is 32.1. The summed E-state index contributed by atoms with van der Waals surface area (Å²) >= 11 is 1.50. The molecule has 2 aromatic rings. The van der Waals surface area contributed by atoms with Crippen LogP contribution in [0.5, 0.6) is 0 Å². The molecule has 2 aromatic heterocycles. The molecule has 0 unspecified atom stereocenters. The fourth-order valence-electron chi connectivity index (χ4n) is 1.68. The van der Waals surface area contributed by atoms with Crippen molar-refractivity contribution < 1.29 is 4.79 Å². The van der Waals surface area contributed by atoms with Crippen molar-refractivity contribution in [2.24, 2.45) is 0 Å². The molecular weight excluding hydrogens is 274 g/mol. The van der Waals surface area contributed by atoms with Crippen LogP contribution in [0.25, 0.3) is 0 Å². The van der Waals surface area contributed by atoms with Gasteiger partial charge in [0.15, 0.2) is 0 Å². The number of hydrogen-bond donors (Lipinski definition) is 2. The first kappa shape index (κ1) is 14.4. The van der Waals surface area contributed by atoms with Crippen molar-refractivity contribution in [2.45, 2.75) is 26.3 Å². The lowest BCUT2D eigenvalue weighted by Gasteiger charge is -2.23. The van der Waals surface area contributed by atoms with Gasteiger partial charge in [-0.3, -0.25) is 9.78 Å². The summed E-state index contributed by atoms with van der Waals surface area (Å²) in [5.74, 6) is 0.324. The van der Waals surface area contributed by atoms with Gasteiger partial charge in [-0.2, -0.15) is 0 Å². The molecule has 2 N–H and O–H groups in total. The summed E-state index contributed by atoms with van der Waals surface area (Å²) in [6.45, 7) is 6.50. The van der Waals surface area contributed by atoms with Crippen molar-refractivity contribution in [1.29, 1.82) is 0 Å². The minimum absolute atomic E-state index is 0.266. The second kappa shape index (κ2) is 5.96. The number of carbonyl (C=O) groups is 1. The topological polar surface area (TPSA) is 79.8 Å². The average Bonchev–Trinajstić information content (AvgIpc) is 2.93. The second-order valence-electron chi connectivity index (χ2n) is 4.74. The molecule has 0 saturated heterocycles. The van der Waals surface area contributed by atoms with Gasteiger partial charge in [0.2, 0.25) is 0 Å². The number of carbonyl (C=O) groups excluding carboxylic acids is 1. The normalized spacial score (nSPS) is 11.2. The van der Waals surface area contributed by atoms with Gasteiger partial charge >= 0.3 is 0 Å². The van der Waals surface area contributed by atoms with Crippen LogP contribution in [0.3, 0.4) is 0 Å². The molecule has 1 amide bonds. The van der Waals surface area contributed by atoms with Gasteiger partial charge in [-0.25, -0.2) is 9.97 Å². The lowest BCUT2D eigenvalue weighted by molar-refractivity contribution is 0.0906. The van der Waals surface area contributed by atoms with Crippen molar-refractivity contribution in [1.82, 2.24) is 20.3 Å². The fourth-order valence-corrected chi connectivity index (χ4v) is 2.39. The number of hydrogen-bond acceptors (Lipinski definition) is 6. The van der Waals surface area contributed by atoms with E-state index in [9.17, 15) is 4.79 Å². The maximum absolute atomic E-state index is 12.2. The van der Waals surface area contributed by atoms with Crippen molar-refractivity contribution in [3.63, 3.8) is 0 Å². The minimum atomic E-state index is -0.541. The zero-order valence-corrected chi connectivity index (χ0v) is 12.5. The third-order valence-corrected chi connectivity index (χ3v) is 3.71. The predicted octanol–water partition coefficient (Wildman–Crippen LogP) is 2.03. The van der Waals surface area contributed by atoms with E-state index in [1.54, 1.807) is 12.4 Å². The Morgan fingerprint density at radius 2 is 2.20 bits per heavy atom. The molecule has 0 aliphatic rings. The summed E-state index contributed by atoms with van der Waals surface area (Å²) in [7, 11) is 0. The molecule has 6 nitrogen and oxygen atoms in total. The Hall–Kier alpha value is -2.02. The van der Waals surface area contributed by atoms with Crippen LogP contribution in [0, 0.1) is 0 Å². The Balaban J connectivity index is 2.14. The highest BCUT2D eigenvalue weighted by Crippen LogP contribution is 2.22. The van der Waals surface area contributed by atoms with E-state index in [0.29, 0.717) is 5.82 Å². The monoisotopic (exact) mass is 291 g/mol. The van der Waals surface area contributed by atoms with E-state index in [-0.39, 0.29) is 11.6 Å². The van der Waals surface area contributed by atoms with E-state index in [2.05, 4.69) is 25.6 Å². The van der Waals surface area contributed by atoms with Gasteiger partial charge in [-0.05, 0) is 20.8 Å². The van der Waals surface area contributed by atoms with E-state index in [0.717, 1.165) is 11.6 Å². The van der Waals surface area contributed by atoms with E-state index < -0.39 is 5.54 Å². The van der Waals surface area contributed by atoms with E-state index in [4.69, 9.17) is 0 Å². The number of nitrogens with zero attached hydrogens (tertiary/aromatic N) is 3. The highest BCUT2D eigenvalue weighted by molar-refractivity contribution is 7.09. The van der Waals surface area contributed by atoms with Crippen molar-refractivity contribution in [2.75, 3.05) is 11.9 Å². The van der Waals surface area contributed by atoms with Gasteiger partial charge in [0.05, 0.1) is 17.9 Å². The Morgan fingerprint density at radius 3 is 2.85 bits per heavy atom.